The van der Waals surface area contributed by atoms with Crippen LogP contribution in [0.1, 0.15) is 28.6 Å². The monoisotopic (exact) mass is 331 g/mol. The van der Waals surface area contributed by atoms with Crippen molar-refractivity contribution in [2.75, 3.05) is 19.8 Å². The molecule has 1 atom stereocenters. The van der Waals surface area contributed by atoms with Crippen LogP contribution in [0.25, 0.3) is 0 Å². The first-order valence-corrected chi connectivity index (χ1v) is 8.09. The SMILES string of the molecule is Cc1nn(C)c(C)c1[C@H]1COCCN1C(=O)Cc1ccccc1F. The first kappa shape index (κ1) is 16.6. The third-order valence-electron chi connectivity index (χ3n) is 4.65. The predicted octanol–water partition coefficient (Wildman–Crippen LogP) is 2.32. The van der Waals surface area contributed by atoms with E-state index in [1.807, 2.05) is 25.6 Å². The summed E-state index contributed by atoms with van der Waals surface area (Å²) in [4.78, 5) is 14.6. The molecule has 1 aromatic heterocycles. The van der Waals surface area contributed by atoms with Gasteiger partial charge in [-0.3, -0.25) is 9.48 Å². The fraction of sp³-hybridized carbons (Fsp3) is 0.444. The highest BCUT2D eigenvalue weighted by Gasteiger charge is 2.32. The van der Waals surface area contributed by atoms with Crippen LogP contribution in [0.4, 0.5) is 4.39 Å². The molecule has 1 aliphatic heterocycles. The van der Waals surface area contributed by atoms with Gasteiger partial charge in [0.05, 0.1) is 31.4 Å². The molecular weight excluding hydrogens is 309 g/mol. The summed E-state index contributed by atoms with van der Waals surface area (Å²) < 4.78 is 21.3. The molecule has 128 valence electrons. The minimum atomic E-state index is -0.343. The lowest BCUT2D eigenvalue weighted by atomic mass is 10.0. The second kappa shape index (κ2) is 6.73. The summed E-state index contributed by atoms with van der Waals surface area (Å²) in [6.45, 7) is 5.37. The maximum absolute atomic E-state index is 13.9. The van der Waals surface area contributed by atoms with Crippen molar-refractivity contribution >= 4 is 5.91 Å². The van der Waals surface area contributed by atoms with Gasteiger partial charge in [-0.2, -0.15) is 5.10 Å². The van der Waals surface area contributed by atoms with E-state index in [1.54, 1.807) is 23.1 Å². The van der Waals surface area contributed by atoms with E-state index in [4.69, 9.17) is 4.74 Å². The molecule has 3 rings (SSSR count). The largest absolute Gasteiger partial charge is 0.377 e. The Morgan fingerprint density at radius 3 is 2.79 bits per heavy atom. The Morgan fingerprint density at radius 1 is 1.38 bits per heavy atom. The Bertz CT molecular complexity index is 757. The molecule has 0 radical (unpaired) electrons. The van der Waals surface area contributed by atoms with Crippen molar-refractivity contribution in [3.63, 3.8) is 0 Å². The second-order valence-electron chi connectivity index (χ2n) is 6.15. The molecule has 1 fully saturated rings. The molecule has 2 aromatic rings. The number of halogens is 1. The number of ether oxygens (including phenoxy) is 1. The Morgan fingerprint density at radius 2 is 2.12 bits per heavy atom. The number of amides is 1. The van der Waals surface area contributed by atoms with Gasteiger partial charge in [-0.15, -0.1) is 0 Å². The fourth-order valence-electron chi connectivity index (χ4n) is 3.32. The molecule has 1 aliphatic rings. The van der Waals surface area contributed by atoms with Gasteiger partial charge in [0.25, 0.3) is 0 Å². The Balaban J connectivity index is 1.87. The third kappa shape index (κ3) is 3.06. The summed E-state index contributed by atoms with van der Waals surface area (Å²) in [5, 5.41) is 4.44. The zero-order valence-corrected chi connectivity index (χ0v) is 14.3. The number of carbonyl (C=O) groups is 1. The highest BCUT2D eigenvalue weighted by atomic mass is 19.1. The van der Waals surface area contributed by atoms with Gasteiger partial charge in [-0.05, 0) is 25.5 Å². The molecule has 0 aliphatic carbocycles. The van der Waals surface area contributed by atoms with Crippen molar-refractivity contribution in [3.05, 3.63) is 52.6 Å². The Labute approximate surface area is 141 Å². The third-order valence-corrected chi connectivity index (χ3v) is 4.65. The molecule has 1 amide bonds. The van der Waals surface area contributed by atoms with Crippen molar-refractivity contribution in [2.45, 2.75) is 26.3 Å². The average Bonchev–Trinajstić information content (AvgIpc) is 2.82. The van der Waals surface area contributed by atoms with Crippen LogP contribution in [0.5, 0.6) is 0 Å². The first-order valence-electron chi connectivity index (χ1n) is 8.09. The molecule has 6 heteroatoms. The van der Waals surface area contributed by atoms with E-state index in [0.29, 0.717) is 25.3 Å². The molecule has 1 saturated heterocycles. The van der Waals surface area contributed by atoms with Crippen molar-refractivity contribution < 1.29 is 13.9 Å². The van der Waals surface area contributed by atoms with Gasteiger partial charge in [-0.1, -0.05) is 18.2 Å². The normalized spacial score (nSPS) is 18.0. The molecule has 0 unspecified atom stereocenters. The minimum Gasteiger partial charge on any atom is -0.377 e. The summed E-state index contributed by atoms with van der Waals surface area (Å²) in [5.41, 5.74) is 3.37. The van der Waals surface area contributed by atoms with Crippen LogP contribution in [0, 0.1) is 19.7 Å². The number of aryl methyl sites for hydroxylation is 2. The molecule has 0 bridgehead atoms. The Kier molecular flexibility index (Phi) is 4.66. The van der Waals surface area contributed by atoms with Gasteiger partial charge in [0.1, 0.15) is 5.82 Å². The van der Waals surface area contributed by atoms with Crippen LogP contribution in [0.2, 0.25) is 0 Å². The number of aromatic nitrogens is 2. The summed E-state index contributed by atoms with van der Waals surface area (Å²) in [6.07, 6.45) is 0.0571. The molecule has 2 heterocycles. The number of hydrogen-bond acceptors (Lipinski definition) is 3. The smallest absolute Gasteiger partial charge is 0.227 e. The van der Waals surface area contributed by atoms with E-state index in [-0.39, 0.29) is 24.2 Å². The van der Waals surface area contributed by atoms with Gasteiger partial charge < -0.3 is 9.64 Å². The van der Waals surface area contributed by atoms with Crippen molar-refractivity contribution in [1.82, 2.24) is 14.7 Å². The van der Waals surface area contributed by atoms with Gasteiger partial charge in [0, 0.05) is 24.8 Å². The van der Waals surface area contributed by atoms with E-state index < -0.39 is 0 Å². The van der Waals surface area contributed by atoms with Crippen molar-refractivity contribution in [1.29, 1.82) is 0 Å². The standard InChI is InChI=1S/C18H22FN3O2/c1-12-18(13(2)21(3)20-12)16-11-24-9-8-22(16)17(23)10-14-6-4-5-7-15(14)19/h4-7,16H,8-11H2,1-3H3/t16-/m1/s1. The van der Waals surface area contributed by atoms with Crippen LogP contribution < -0.4 is 0 Å². The number of hydrogen-bond donors (Lipinski definition) is 0. The van der Waals surface area contributed by atoms with Crippen LogP contribution >= 0.6 is 0 Å². The highest BCUT2D eigenvalue weighted by Crippen LogP contribution is 2.29. The molecule has 1 aromatic carbocycles. The quantitative estimate of drug-likeness (QED) is 0.867. The number of morpholine rings is 1. The van der Waals surface area contributed by atoms with Crippen LogP contribution in [0.15, 0.2) is 24.3 Å². The van der Waals surface area contributed by atoms with Crippen LogP contribution in [-0.4, -0.2) is 40.3 Å². The topological polar surface area (TPSA) is 47.4 Å². The van der Waals surface area contributed by atoms with E-state index in [1.165, 1.54) is 6.07 Å². The van der Waals surface area contributed by atoms with E-state index in [2.05, 4.69) is 5.10 Å². The van der Waals surface area contributed by atoms with Crippen LogP contribution in [-0.2, 0) is 23.0 Å². The van der Waals surface area contributed by atoms with Crippen molar-refractivity contribution in [2.24, 2.45) is 7.05 Å². The summed E-state index contributed by atoms with van der Waals surface area (Å²) >= 11 is 0. The maximum atomic E-state index is 13.9. The Hall–Kier alpha value is -2.21. The summed E-state index contributed by atoms with van der Waals surface area (Å²) in [7, 11) is 1.89. The first-order chi connectivity index (χ1) is 11.5. The lowest BCUT2D eigenvalue weighted by Crippen LogP contribution is -2.44. The van der Waals surface area contributed by atoms with E-state index >= 15 is 0 Å². The maximum Gasteiger partial charge on any atom is 0.227 e. The molecule has 0 spiro atoms. The molecular formula is C18H22FN3O2. The fourth-order valence-corrected chi connectivity index (χ4v) is 3.32. The number of nitrogens with zero attached hydrogens (tertiary/aromatic N) is 3. The average molecular weight is 331 g/mol. The molecule has 0 saturated carbocycles. The predicted molar refractivity (Wildman–Crippen MR) is 88.1 cm³/mol. The molecule has 5 nitrogen and oxygen atoms in total. The van der Waals surface area contributed by atoms with Gasteiger partial charge in [-0.25, -0.2) is 4.39 Å². The zero-order chi connectivity index (χ0) is 17.3. The summed E-state index contributed by atoms with van der Waals surface area (Å²) in [5.74, 6) is -0.430. The molecule has 0 N–H and O–H groups in total. The molecule has 24 heavy (non-hydrogen) atoms. The lowest BCUT2D eigenvalue weighted by molar-refractivity contribution is -0.139. The second-order valence-corrected chi connectivity index (χ2v) is 6.15. The van der Waals surface area contributed by atoms with E-state index in [9.17, 15) is 9.18 Å². The zero-order valence-electron chi connectivity index (χ0n) is 14.3. The minimum absolute atomic E-state index is 0.0571. The van der Waals surface area contributed by atoms with Gasteiger partial charge in [0.2, 0.25) is 5.91 Å². The van der Waals surface area contributed by atoms with Gasteiger partial charge >= 0.3 is 0 Å². The van der Waals surface area contributed by atoms with Gasteiger partial charge in [0.15, 0.2) is 0 Å². The van der Waals surface area contributed by atoms with Crippen LogP contribution in [0.3, 0.4) is 0 Å². The summed E-state index contributed by atoms with van der Waals surface area (Å²) in [6, 6.07) is 6.24. The number of carbonyl (C=O) groups excluding carboxylic acids is 1. The lowest BCUT2D eigenvalue weighted by Gasteiger charge is -2.36. The highest BCUT2D eigenvalue weighted by molar-refractivity contribution is 5.79. The van der Waals surface area contributed by atoms with Crippen molar-refractivity contribution in [3.8, 4) is 0 Å². The number of rotatable bonds is 3. The number of benzene rings is 1. The van der Waals surface area contributed by atoms with E-state index in [0.717, 1.165) is 17.0 Å².